The fourth-order valence-corrected chi connectivity index (χ4v) is 1.23. The Morgan fingerprint density at radius 2 is 1.92 bits per heavy atom. The molecule has 0 unspecified atom stereocenters. The lowest BCUT2D eigenvalue weighted by molar-refractivity contribution is 1.18. The van der Waals surface area contributed by atoms with Gasteiger partial charge in [0.1, 0.15) is 0 Å². The van der Waals surface area contributed by atoms with Gasteiger partial charge in [0.25, 0.3) is 0 Å². The molecule has 0 spiro atoms. The Bertz CT molecular complexity index is 363. The molecule has 0 amide bonds. The summed E-state index contributed by atoms with van der Waals surface area (Å²) in [6.45, 7) is 3.94. The molecule has 0 aromatic carbocycles. The Morgan fingerprint density at radius 3 is 2.62 bits per heavy atom. The number of nitrogens with zero attached hydrogens (tertiary/aromatic N) is 2. The first-order valence-electron chi connectivity index (χ1n) is 4.11. The molecule has 0 saturated carbocycles. The van der Waals surface area contributed by atoms with Crippen molar-refractivity contribution in [2.45, 2.75) is 0 Å². The Hall–Kier alpha value is -1.83. The Balaban J connectivity index is 2.32. The SMILES string of the molecule is C=C1C=CC=CN1c1ccncc1. The van der Waals surface area contributed by atoms with Crippen molar-refractivity contribution in [1.82, 2.24) is 4.98 Å². The van der Waals surface area contributed by atoms with E-state index in [9.17, 15) is 0 Å². The van der Waals surface area contributed by atoms with Crippen LogP contribution in [0.15, 0.2) is 61.2 Å². The lowest BCUT2D eigenvalue weighted by atomic mass is 10.2. The minimum Gasteiger partial charge on any atom is -0.318 e. The third kappa shape index (κ3) is 1.51. The molecule has 2 heterocycles. The minimum absolute atomic E-state index is 0.966. The minimum atomic E-state index is 0.966. The van der Waals surface area contributed by atoms with Gasteiger partial charge in [-0.05, 0) is 24.3 Å². The van der Waals surface area contributed by atoms with Crippen molar-refractivity contribution in [2.75, 3.05) is 4.90 Å². The molecule has 1 aliphatic rings. The summed E-state index contributed by atoms with van der Waals surface area (Å²) in [6.07, 6.45) is 11.5. The summed E-state index contributed by atoms with van der Waals surface area (Å²) in [4.78, 5) is 5.98. The van der Waals surface area contributed by atoms with Crippen LogP contribution in [0.2, 0.25) is 0 Å². The van der Waals surface area contributed by atoms with Gasteiger partial charge >= 0.3 is 0 Å². The molecule has 1 aromatic heterocycles. The van der Waals surface area contributed by atoms with E-state index in [1.165, 1.54) is 0 Å². The van der Waals surface area contributed by atoms with Crippen LogP contribution < -0.4 is 4.90 Å². The van der Waals surface area contributed by atoms with Crippen LogP contribution in [-0.2, 0) is 0 Å². The smallest absolute Gasteiger partial charge is 0.0485 e. The van der Waals surface area contributed by atoms with E-state index in [4.69, 9.17) is 0 Å². The molecule has 2 rings (SSSR count). The zero-order chi connectivity index (χ0) is 9.10. The molecular weight excluding hydrogens is 160 g/mol. The summed E-state index contributed by atoms with van der Waals surface area (Å²) >= 11 is 0. The molecular formula is C11H10N2. The van der Waals surface area contributed by atoms with Gasteiger partial charge in [0.15, 0.2) is 0 Å². The normalized spacial score (nSPS) is 15.1. The second-order valence-electron chi connectivity index (χ2n) is 2.77. The molecule has 0 saturated heterocycles. The van der Waals surface area contributed by atoms with Crippen molar-refractivity contribution >= 4 is 5.69 Å². The third-order valence-corrected chi connectivity index (χ3v) is 1.89. The molecule has 0 atom stereocenters. The first kappa shape index (κ1) is 7.80. The number of rotatable bonds is 1. The topological polar surface area (TPSA) is 16.1 Å². The lowest BCUT2D eigenvalue weighted by Crippen LogP contribution is -2.14. The van der Waals surface area contributed by atoms with Crippen LogP contribution in [0.5, 0.6) is 0 Å². The monoisotopic (exact) mass is 170 g/mol. The second-order valence-corrected chi connectivity index (χ2v) is 2.77. The quantitative estimate of drug-likeness (QED) is 0.643. The summed E-state index contributed by atoms with van der Waals surface area (Å²) in [7, 11) is 0. The third-order valence-electron chi connectivity index (χ3n) is 1.89. The average molecular weight is 170 g/mol. The predicted molar refractivity (Wildman–Crippen MR) is 54.1 cm³/mol. The van der Waals surface area contributed by atoms with E-state index < -0.39 is 0 Å². The van der Waals surface area contributed by atoms with Crippen molar-refractivity contribution in [3.8, 4) is 0 Å². The maximum absolute atomic E-state index is 3.97. The highest BCUT2D eigenvalue weighted by Crippen LogP contribution is 2.20. The highest BCUT2D eigenvalue weighted by molar-refractivity contribution is 5.58. The second kappa shape index (κ2) is 3.27. The van der Waals surface area contributed by atoms with E-state index in [2.05, 4.69) is 11.6 Å². The predicted octanol–water partition coefficient (Wildman–Crippen LogP) is 2.49. The summed E-state index contributed by atoms with van der Waals surface area (Å²) in [5.74, 6) is 0. The highest BCUT2D eigenvalue weighted by Gasteiger charge is 2.05. The van der Waals surface area contributed by atoms with E-state index >= 15 is 0 Å². The van der Waals surface area contributed by atoms with E-state index in [1.54, 1.807) is 12.4 Å². The fourth-order valence-electron chi connectivity index (χ4n) is 1.23. The van der Waals surface area contributed by atoms with Crippen molar-refractivity contribution in [3.05, 3.63) is 61.2 Å². The van der Waals surface area contributed by atoms with Crippen LogP contribution in [0.3, 0.4) is 0 Å². The van der Waals surface area contributed by atoms with Crippen molar-refractivity contribution in [1.29, 1.82) is 0 Å². The van der Waals surface area contributed by atoms with Crippen LogP contribution >= 0.6 is 0 Å². The van der Waals surface area contributed by atoms with E-state index in [0.717, 1.165) is 11.4 Å². The van der Waals surface area contributed by atoms with Gasteiger partial charge in [-0.25, -0.2) is 0 Å². The number of hydrogen-bond acceptors (Lipinski definition) is 2. The number of pyridine rings is 1. The molecule has 0 fully saturated rings. The molecule has 2 nitrogen and oxygen atoms in total. The molecule has 1 aromatic rings. The lowest BCUT2D eigenvalue weighted by Gasteiger charge is -2.22. The van der Waals surface area contributed by atoms with Crippen LogP contribution in [-0.4, -0.2) is 4.98 Å². The molecule has 0 bridgehead atoms. The molecule has 0 radical (unpaired) electrons. The molecule has 13 heavy (non-hydrogen) atoms. The van der Waals surface area contributed by atoms with Crippen molar-refractivity contribution < 1.29 is 0 Å². The van der Waals surface area contributed by atoms with Gasteiger partial charge in [-0.15, -0.1) is 0 Å². The van der Waals surface area contributed by atoms with Gasteiger partial charge in [0, 0.05) is 30.0 Å². The standard InChI is InChI=1S/C11H10N2/c1-10-4-2-3-9-13(10)11-5-7-12-8-6-11/h2-9H,1H2. The van der Waals surface area contributed by atoms with Gasteiger partial charge in [-0.2, -0.15) is 0 Å². The zero-order valence-corrected chi connectivity index (χ0v) is 7.22. The number of anilines is 1. The maximum Gasteiger partial charge on any atom is 0.0485 e. The maximum atomic E-state index is 3.97. The van der Waals surface area contributed by atoms with Crippen LogP contribution in [0.25, 0.3) is 0 Å². The molecule has 1 aliphatic heterocycles. The summed E-state index contributed by atoms with van der Waals surface area (Å²) in [6, 6.07) is 3.91. The number of aromatic nitrogens is 1. The van der Waals surface area contributed by atoms with Gasteiger partial charge in [0.05, 0.1) is 0 Å². The Morgan fingerprint density at radius 1 is 1.15 bits per heavy atom. The van der Waals surface area contributed by atoms with E-state index in [1.807, 2.05) is 41.5 Å². The average Bonchev–Trinajstić information content (AvgIpc) is 2.20. The van der Waals surface area contributed by atoms with Crippen molar-refractivity contribution in [3.63, 3.8) is 0 Å². The van der Waals surface area contributed by atoms with Gasteiger partial charge in [-0.3, -0.25) is 4.98 Å². The molecule has 64 valence electrons. The van der Waals surface area contributed by atoms with Crippen molar-refractivity contribution in [2.24, 2.45) is 0 Å². The van der Waals surface area contributed by atoms with Crippen LogP contribution in [0, 0.1) is 0 Å². The van der Waals surface area contributed by atoms with Gasteiger partial charge in [0.2, 0.25) is 0 Å². The number of allylic oxidation sites excluding steroid dienone is 3. The highest BCUT2D eigenvalue weighted by atomic mass is 15.1. The first-order chi connectivity index (χ1) is 6.38. The molecule has 0 aliphatic carbocycles. The summed E-state index contributed by atoms with van der Waals surface area (Å²) < 4.78 is 0. The first-order valence-corrected chi connectivity index (χ1v) is 4.11. The van der Waals surface area contributed by atoms with Gasteiger partial charge < -0.3 is 4.90 Å². The van der Waals surface area contributed by atoms with Crippen LogP contribution in [0.4, 0.5) is 5.69 Å². The van der Waals surface area contributed by atoms with E-state index in [0.29, 0.717) is 0 Å². The number of hydrogen-bond donors (Lipinski definition) is 0. The van der Waals surface area contributed by atoms with E-state index in [-0.39, 0.29) is 0 Å². The largest absolute Gasteiger partial charge is 0.318 e. The van der Waals surface area contributed by atoms with Crippen LogP contribution in [0.1, 0.15) is 0 Å². The molecule has 2 heteroatoms. The Kier molecular flexibility index (Phi) is 1.96. The molecule has 0 N–H and O–H groups in total. The van der Waals surface area contributed by atoms with Gasteiger partial charge in [-0.1, -0.05) is 12.7 Å². The zero-order valence-electron chi connectivity index (χ0n) is 7.22. The summed E-state index contributed by atoms with van der Waals surface area (Å²) in [5, 5.41) is 0. The Labute approximate surface area is 77.5 Å². The summed E-state index contributed by atoms with van der Waals surface area (Å²) in [5.41, 5.74) is 2.05. The fraction of sp³-hybridized carbons (Fsp3) is 0.